The molecule has 2 heterocycles. The summed E-state index contributed by atoms with van der Waals surface area (Å²) in [7, 11) is -3.01. The largest absolute Gasteiger partial charge is 0.451 e. The Hall–Kier alpha value is -2.35. The van der Waals surface area contributed by atoms with Gasteiger partial charge >= 0.3 is 5.91 Å². The van der Waals surface area contributed by atoms with Gasteiger partial charge in [-0.2, -0.15) is 0 Å². The van der Waals surface area contributed by atoms with Crippen LogP contribution in [0.2, 0.25) is 0 Å². The smallest absolute Gasteiger partial charge is 0.305 e. The van der Waals surface area contributed by atoms with Crippen molar-refractivity contribution in [1.82, 2.24) is 10.9 Å². The molecule has 0 aliphatic carbocycles. The molecule has 0 radical (unpaired) electrons. The Morgan fingerprint density at radius 1 is 1.22 bits per heavy atom. The van der Waals surface area contributed by atoms with Gasteiger partial charge in [-0.05, 0) is 24.5 Å². The van der Waals surface area contributed by atoms with E-state index in [2.05, 4.69) is 10.9 Å². The number of carbonyl (C=O) groups excluding carboxylic acids is 2. The molecule has 8 heteroatoms. The Balaban J connectivity index is 1.53. The summed E-state index contributed by atoms with van der Waals surface area (Å²) in [6.45, 7) is 0. The van der Waals surface area contributed by atoms with E-state index in [-0.39, 0.29) is 29.6 Å². The van der Waals surface area contributed by atoms with Gasteiger partial charge in [0.2, 0.25) is 5.91 Å². The first-order valence-corrected chi connectivity index (χ1v) is 9.03. The molecule has 2 N–H and O–H groups in total. The molecule has 3 rings (SSSR count). The summed E-state index contributed by atoms with van der Waals surface area (Å²) in [5, 5.41) is 0.792. The molecule has 0 saturated carbocycles. The van der Waals surface area contributed by atoms with Gasteiger partial charge in [-0.1, -0.05) is 18.2 Å². The fraction of sp³-hybridized carbons (Fsp3) is 0.333. The Bertz CT molecular complexity index is 823. The zero-order chi connectivity index (χ0) is 16.4. The molecule has 2 amide bonds. The maximum Gasteiger partial charge on any atom is 0.305 e. The molecule has 23 heavy (non-hydrogen) atoms. The van der Waals surface area contributed by atoms with Crippen molar-refractivity contribution < 1.29 is 22.4 Å². The number of nitrogens with one attached hydrogen (secondary N) is 2. The van der Waals surface area contributed by atoms with Crippen LogP contribution in [-0.2, 0) is 14.6 Å². The second kappa shape index (κ2) is 6.04. The van der Waals surface area contributed by atoms with E-state index in [0.717, 1.165) is 5.39 Å². The summed E-state index contributed by atoms with van der Waals surface area (Å²) < 4.78 is 28.1. The summed E-state index contributed by atoms with van der Waals surface area (Å²) in [5.74, 6) is -0.933. The van der Waals surface area contributed by atoms with Gasteiger partial charge < -0.3 is 4.42 Å². The highest BCUT2D eigenvalue weighted by molar-refractivity contribution is 7.91. The van der Waals surface area contributed by atoms with Gasteiger partial charge in [0, 0.05) is 11.8 Å². The lowest BCUT2D eigenvalue weighted by Crippen LogP contribution is -2.42. The number of furan rings is 1. The highest BCUT2D eigenvalue weighted by Crippen LogP contribution is 2.21. The highest BCUT2D eigenvalue weighted by atomic mass is 32.2. The second-order valence-electron chi connectivity index (χ2n) is 5.62. The second-order valence-corrected chi connectivity index (χ2v) is 7.85. The summed E-state index contributed by atoms with van der Waals surface area (Å²) >= 11 is 0. The minimum Gasteiger partial charge on any atom is -0.451 e. The maximum atomic E-state index is 11.9. The molecule has 1 saturated heterocycles. The van der Waals surface area contributed by atoms with E-state index >= 15 is 0 Å². The number of rotatable bonds is 3. The van der Waals surface area contributed by atoms with E-state index in [1.54, 1.807) is 18.2 Å². The fourth-order valence-electron chi connectivity index (χ4n) is 2.63. The zero-order valence-electron chi connectivity index (χ0n) is 12.2. The fourth-order valence-corrected chi connectivity index (χ4v) is 4.49. The van der Waals surface area contributed by atoms with Crippen LogP contribution in [0.3, 0.4) is 0 Å². The quantitative estimate of drug-likeness (QED) is 0.814. The van der Waals surface area contributed by atoms with Gasteiger partial charge in [-0.15, -0.1) is 0 Å². The van der Waals surface area contributed by atoms with Gasteiger partial charge in [0.25, 0.3) is 0 Å². The molecule has 0 bridgehead atoms. The summed E-state index contributed by atoms with van der Waals surface area (Å²) in [6, 6.07) is 8.77. The summed E-state index contributed by atoms with van der Waals surface area (Å²) in [6.07, 6.45) is 0.549. The van der Waals surface area contributed by atoms with Crippen LogP contribution in [0, 0.1) is 5.92 Å². The lowest BCUT2D eigenvalue weighted by molar-refractivity contribution is -0.122. The Morgan fingerprint density at radius 2 is 2.00 bits per heavy atom. The number of para-hydroxylation sites is 1. The van der Waals surface area contributed by atoms with Crippen LogP contribution in [0.25, 0.3) is 11.0 Å². The molecular formula is C15H16N2O5S. The van der Waals surface area contributed by atoms with Gasteiger partial charge in [0.15, 0.2) is 15.6 Å². The lowest BCUT2D eigenvalue weighted by Gasteiger charge is -2.08. The van der Waals surface area contributed by atoms with Crippen molar-refractivity contribution in [2.75, 3.05) is 11.5 Å². The van der Waals surface area contributed by atoms with Crippen molar-refractivity contribution in [2.24, 2.45) is 5.92 Å². The van der Waals surface area contributed by atoms with Crippen molar-refractivity contribution in [3.8, 4) is 0 Å². The lowest BCUT2D eigenvalue weighted by atomic mass is 10.1. The molecule has 122 valence electrons. The molecule has 1 aromatic heterocycles. The molecule has 2 aromatic rings. The Labute approximate surface area is 132 Å². The van der Waals surface area contributed by atoms with Crippen LogP contribution >= 0.6 is 0 Å². The van der Waals surface area contributed by atoms with Crippen LogP contribution in [-0.4, -0.2) is 31.7 Å². The van der Waals surface area contributed by atoms with Crippen molar-refractivity contribution >= 4 is 32.6 Å². The van der Waals surface area contributed by atoms with Gasteiger partial charge in [0.05, 0.1) is 11.5 Å². The molecule has 1 unspecified atom stereocenters. The van der Waals surface area contributed by atoms with Crippen LogP contribution < -0.4 is 10.9 Å². The van der Waals surface area contributed by atoms with E-state index in [1.165, 1.54) is 0 Å². The molecule has 1 aliphatic heterocycles. The third-order valence-electron chi connectivity index (χ3n) is 3.77. The normalized spacial score (nSPS) is 19.6. The zero-order valence-corrected chi connectivity index (χ0v) is 13.1. The number of fused-ring (bicyclic) bond motifs is 1. The van der Waals surface area contributed by atoms with Crippen molar-refractivity contribution in [3.05, 3.63) is 36.1 Å². The topological polar surface area (TPSA) is 105 Å². The number of amides is 2. The van der Waals surface area contributed by atoms with Gasteiger partial charge in [-0.3, -0.25) is 20.4 Å². The van der Waals surface area contributed by atoms with E-state index in [4.69, 9.17) is 4.42 Å². The number of hydrogen-bond acceptors (Lipinski definition) is 5. The van der Waals surface area contributed by atoms with E-state index in [0.29, 0.717) is 12.0 Å². The van der Waals surface area contributed by atoms with E-state index in [9.17, 15) is 18.0 Å². The number of sulfone groups is 1. The predicted molar refractivity (Wildman–Crippen MR) is 83.2 cm³/mol. The minimum absolute atomic E-state index is 0.0257. The van der Waals surface area contributed by atoms with Crippen LogP contribution in [0.4, 0.5) is 0 Å². The molecular weight excluding hydrogens is 320 g/mol. The van der Waals surface area contributed by atoms with Crippen molar-refractivity contribution in [2.45, 2.75) is 12.8 Å². The molecule has 7 nitrogen and oxygen atoms in total. The SMILES string of the molecule is O=C(CC1CCS(=O)(=O)C1)NNC(=O)c1cc2ccccc2o1. The average molecular weight is 336 g/mol. The molecule has 0 spiro atoms. The van der Waals surface area contributed by atoms with Crippen LogP contribution in [0.1, 0.15) is 23.4 Å². The number of hydrazine groups is 1. The summed E-state index contributed by atoms with van der Waals surface area (Å²) in [5.41, 5.74) is 5.14. The molecule has 1 fully saturated rings. The average Bonchev–Trinajstić information content (AvgIpc) is 3.07. The third kappa shape index (κ3) is 3.70. The van der Waals surface area contributed by atoms with Crippen molar-refractivity contribution in [1.29, 1.82) is 0 Å². The molecule has 1 atom stereocenters. The van der Waals surface area contributed by atoms with Gasteiger partial charge in [-0.25, -0.2) is 8.42 Å². The van der Waals surface area contributed by atoms with Crippen LogP contribution in [0.15, 0.2) is 34.7 Å². The van der Waals surface area contributed by atoms with Crippen molar-refractivity contribution in [3.63, 3.8) is 0 Å². The summed E-state index contributed by atoms with van der Waals surface area (Å²) in [4.78, 5) is 23.7. The minimum atomic E-state index is -3.01. The monoisotopic (exact) mass is 336 g/mol. The first kappa shape index (κ1) is 15.5. The molecule has 1 aromatic carbocycles. The van der Waals surface area contributed by atoms with Crippen LogP contribution in [0.5, 0.6) is 0 Å². The van der Waals surface area contributed by atoms with Gasteiger partial charge in [0.1, 0.15) is 5.58 Å². The first-order valence-electron chi connectivity index (χ1n) is 7.21. The highest BCUT2D eigenvalue weighted by Gasteiger charge is 2.29. The predicted octanol–water partition coefficient (Wildman–Crippen LogP) is 1.02. The molecule has 1 aliphatic rings. The van der Waals surface area contributed by atoms with E-state index < -0.39 is 21.7 Å². The Kier molecular flexibility index (Phi) is 4.08. The number of hydrogen-bond donors (Lipinski definition) is 2. The number of benzene rings is 1. The van der Waals surface area contributed by atoms with E-state index in [1.807, 2.05) is 12.1 Å². The number of carbonyl (C=O) groups is 2. The maximum absolute atomic E-state index is 11.9. The first-order chi connectivity index (χ1) is 10.9. The third-order valence-corrected chi connectivity index (χ3v) is 5.60. The standard InChI is InChI=1S/C15H16N2O5S/c18-14(7-10-5-6-23(20,21)9-10)16-17-15(19)13-8-11-3-1-2-4-12(11)22-13/h1-4,8,10H,5-7,9H2,(H,16,18)(H,17,19). The Morgan fingerprint density at radius 3 is 2.70 bits per heavy atom.